The van der Waals surface area contributed by atoms with Gasteiger partial charge in [0.15, 0.2) is 10.6 Å². The van der Waals surface area contributed by atoms with Crippen molar-refractivity contribution in [3.8, 4) is 17.1 Å². The van der Waals surface area contributed by atoms with Crippen molar-refractivity contribution in [2.75, 3.05) is 0 Å². The molecule has 0 atom stereocenters. The highest BCUT2D eigenvalue weighted by molar-refractivity contribution is 9.10. The predicted octanol–water partition coefficient (Wildman–Crippen LogP) is 4.32. The van der Waals surface area contributed by atoms with Gasteiger partial charge in [0.05, 0.1) is 5.69 Å². The van der Waals surface area contributed by atoms with Crippen molar-refractivity contribution in [1.82, 2.24) is 19.7 Å². The van der Waals surface area contributed by atoms with Crippen LogP contribution in [0.1, 0.15) is 12.5 Å². The average molecular weight is 361 g/mol. The third kappa shape index (κ3) is 2.69. The van der Waals surface area contributed by atoms with E-state index < -0.39 is 0 Å². The SMILES string of the molecule is CCc1cc(Br)ccc1-n1c(-c2ccncc2)n[nH]c1=S. The summed E-state index contributed by atoms with van der Waals surface area (Å²) in [6.07, 6.45) is 4.41. The van der Waals surface area contributed by atoms with E-state index in [0.717, 1.165) is 28.0 Å². The normalized spacial score (nSPS) is 10.8. The summed E-state index contributed by atoms with van der Waals surface area (Å²) in [4.78, 5) is 4.05. The highest BCUT2D eigenvalue weighted by Gasteiger charge is 2.13. The molecule has 3 rings (SSSR count). The molecule has 1 aromatic carbocycles. The summed E-state index contributed by atoms with van der Waals surface area (Å²) in [6.45, 7) is 2.13. The van der Waals surface area contributed by atoms with Crippen molar-refractivity contribution in [2.24, 2.45) is 0 Å². The number of hydrogen-bond acceptors (Lipinski definition) is 3. The largest absolute Gasteiger partial charge is 0.268 e. The first-order valence-electron chi connectivity index (χ1n) is 6.57. The summed E-state index contributed by atoms with van der Waals surface area (Å²) in [5.74, 6) is 0.791. The van der Waals surface area contributed by atoms with Gasteiger partial charge in [0, 0.05) is 22.4 Å². The van der Waals surface area contributed by atoms with Gasteiger partial charge in [-0.1, -0.05) is 22.9 Å². The molecule has 0 unspecified atom stereocenters. The Kier molecular flexibility index (Phi) is 3.98. The maximum absolute atomic E-state index is 5.41. The minimum atomic E-state index is 0.582. The van der Waals surface area contributed by atoms with Gasteiger partial charge in [-0.25, -0.2) is 0 Å². The van der Waals surface area contributed by atoms with E-state index in [9.17, 15) is 0 Å². The molecule has 0 bridgehead atoms. The first-order chi connectivity index (χ1) is 10.2. The van der Waals surface area contributed by atoms with Crippen LogP contribution in [0.2, 0.25) is 0 Å². The van der Waals surface area contributed by atoms with Crippen LogP contribution in [0.15, 0.2) is 47.2 Å². The molecule has 0 saturated carbocycles. The molecule has 0 spiro atoms. The predicted molar refractivity (Wildman–Crippen MR) is 89.1 cm³/mol. The van der Waals surface area contributed by atoms with Crippen LogP contribution in [0.5, 0.6) is 0 Å². The zero-order valence-corrected chi connectivity index (χ0v) is 13.8. The number of aromatic amines is 1. The van der Waals surface area contributed by atoms with Gasteiger partial charge in [0.1, 0.15) is 0 Å². The summed E-state index contributed by atoms with van der Waals surface area (Å²) in [5.41, 5.74) is 3.23. The third-order valence-electron chi connectivity index (χ3n) is 3.27. The number of halogens is 1. The standard InChI is InChI=1S/C15H13BrN4S/c1-2-10-9-12(16)3-4-13(10)20-14(18-19-15(20)21)11-5-7-17-8-6-11/h3-9H,2H2,1H3,(H,19,21). The van der Waals surface area contributed by atoms with Gasteiger partial charge in [-0.3, -0.25) is 14.6 Å². The minimum absolute atomic E-state index is 0.582. The molecule has 0 radical (unpaired) electrons. The monoisotopic (exact) mass is 360 g/mol. The van der Waals surface area contributed by atoms with Crippen LogP contribution in [-0.4, -0.2) is 19.7 Å². The van der Waals surface area contributed by atoms with Gasteiger partial charge in [-0.15, -0.1) is 0 Å². The molecular weight excluding hydrogens is 348 g/mol. The number of pyridine rings is 1. The van der Waals surface area contributed by atoms with Gasteiger partial charge in [0.25, 0.3) is 0 Å². The third-order valence-corrected chi connectivity index (χ3v) is 4.04. The molecule has 0 aliphatic rings. The van der Waals surface area contributed by atoms with Gasteiger partial charge < -0.3 is 0 Å². The van der Waals surface area contributed by atoms with Gasteiger partial charge in [-0.05, 0) is 54.5 Å². The maximum atomic E-state index is 5.41. The molecular formula is C15H13BrN4S. The first-order valence-corrected chi connectivity index (χ1v) is 7.77. The molecule has 0 aliphatic carbocycles. The van der Waals surface area contributed by atoms with E-state index >= 15 is 0 Å². The van der Waals surface area contributed by atoms with E-state index in [-0.39, 0.29) is 0 Å². The fraction of sp³-hybridized carbons (Fsp3) is 0.133. The number of aryl methyl sites for hydroxylation is 1. The molecule has 2 aromatic heterocycles. The maximum Gasteiger partial charge on any atom is 0.200 e. The Balaban J connectivity index is 2.25. The zero-order chi connectivity index (χ0) is 14.8. The Labute approximate surface area is 136 Å². The van der Waals surface area contributed by atoms with E-state index in [1.165, 1.54) is 5.56 Å². The molecule has 0 aliphatic heterocycles. The molecule has 2 heterocycles. The summed E-state index contributed by atoms with van der Waals surface area (Å²) in [6, 6.07) is 10.0. The lowest BCUT2D eigenvalue weighted by Gasteiger charge is -2.12. The Bertz CT molecular complexity index is 823. The lowest BCUT2D eigenvalue weighted by Crippen LogP contribution is -2.02. The van der Waals surface area contributed by atoms with Crippen LogP contribution >= 0.6 is 28.1 Å². The number of nitrogens with zero attached hydrogens (tertiary/aromatic N) is 3. The number of hydrogen-bond donors (Lipinski definition) is 1. The van der Waals surface area contributed by atoms with Crippen molar-refractivity contribution >= 4 is 28.1 Å². The first kappa shape index (κ1) is 14.2. The molecule has 0 fully saturated rings. The molecule has 3 aromatic rings. The average Bonchev–Trinajstić information content (AvgIpc) is 2.89. The Morgan fingerprint density at radius 3 is 2.71 bits per heavy atom. The minimum Gasteiger partial charge on any atom is -0.268 e. The van der Waals surface area contributed by atoms with Crippen molar-refractivity contribution in [3.63, 3.8) is 0 Å². The summed E-state index contributed by atoms with van der Waals surface area (Å²) < 4.78 is 3.61. The van der Waals surface area contributed by atoms with E-state index in [1.54, 1.807) is 12.4 Å². The molecule has 4 nitrogen and oxygen atoms in total. The fourth-order valence-corrected chi connectivity index (χ4v) is 2.91. The van der Waals surface area contributed by atoms with Crippen molar-refractivity contribution in [2.45, 2.75) is 13.3 Å². The molecule has 1 N–H and O–H groups in total. The Hall–Kier alpha value is -1.79. The summed E-state index contributed by atoms with van der Waals surface area (Å²) >= 11 is 8.93. The molecule has 0 saturated heterocycles. The Morgan fingerprint density at radius 2 is 2.00 bits per heavy atom. The van der Waals surface area contributed by atoms with Crippen molar-refractivity contribution < 1.29 is 0 Å². The quantitative estimate of drug-likeness (QED) is 0.707. The number of rotatable bonds is 3. The van der Waals surface area contributed by atoms with Crippen LogP contribution in [0.25, 0.3) is 17.1 Å². The van der Waals surface area contributed by atoms with E-state index in [1.807, 2.05) is 22.8 Å². The van der Waals surface area contributed by atoms with Gasteiger partial charge >= 0.3 is 0 Å². The van der Waals surface area contributed by atoms with Crippen LogP contribution in [0.4, 0.5) is 0 Å². The second-order valence-electron chi connectivity index (χ2n) is 4.55. The van der Waals surface area contributed by atoms with Crippen LogP contribution in [0.3, 0.4) is 0 Å². The van der Waals surface area contributed by atoms with Gasteiger partial charge in [-0.2, -0.15) is 5.10 Å². The molecule has 21 heavy (non-hydrogen) atoms. The second kappa shape index (κ2) is 5.91. The van der Waals surface area contributed by atoms with Crippen molar-refractivity contribution in [3.05, 3.63) is 57.5 Å². The lowest BCUT2D eigenvalue weighted by atomic mass is 10.1. The van der Waals surface area contributed by atoms with Gasteiger partial charge in [0.2, 0.25) is 0 Å². The van der Waals surface area contributed by atoms with Crippen LogP contribution in [0, 0.1) is 4.77 Å². The number of aromatic nitrogens is 4. The molecule has 106 valence electrons. The van der Waals surface area contributed by atoms with Crippen LogP contribution < -0.4 is 0 Å². The van der Waals surface area contributed by atoms with Crippen molar-refractivity contribution in [1.29, 1.82) is 0 Å². The smallest absolute Gasteiger partial charge is 0.200 e. The van der Waals surface area contributed by atoms with E-state index in [0.29, 0.717) is 4.77 Å². The molecule has 0 amide bonds. The lowest BCUT2D eigenvalue weighted by molar-refractivity contribution is 0.990. The zero-order valence-electron chi connectivity index (χ0n) is 11.4. The second-order valence-corrected chi connectivity index (χ2v) is 5.85. The Morgan fingerprint density at radius 1 is 1.24 bits per heavy atom. The highest BCUT2D eigenvalue weighted by atomic mass is 79.9. The summed E-state index contributed by atoms with van der Waals surface area (Å²) in [7, 11) is 0. The topological polar surface area (TPSA) is 46.5 Å². The highest BCUT2D eigenvalue weighted by Crippen LogP contribution is 2.26. The van der Waals surface area contributed by atoms with E-state index in [2.05, 4.69) is 50.2 Å². The number of nitrogens with one attached hydrogen (secondary N) is 1. The number of H-pyrrole nitrogens is 1. The fourth-order valence-electron chi connectivity index (χ4n) is 2.27. The molecule has 6 heteroatoms. The van der Waals surface area contributed by atoms with E-state index in [4.69, 9.17) is 12.2 Å². The summed E-state index contributed by atoms with van der Waals surface area (Å²) in [5, 5.41) is 7.25. The number of benzene rings is 1. The van der Waals surface area contributed by atoms with Crippen LogP contribution in [-0.2, 0) is 6.42 Å².